The van der Waals surface area contributed by atoms with Gasteiger partial charge in [0, 0.05) is 10.6 Å². The maximum Gasteiger partial charge on any atom is 0.471 e. The lowest BCUT2D eigenvalue weighted by Crippen LogP contribution is -2.33. The van der Waals surface area contributed by atoms with Gasteiger partial charge in [-0.3, -0.25) is 9.59 Å². The molecule has 3 rings (SSSR count). The summed E-state index contributed by atoms with van der Waals surface area (Å²) >= 11 is 1.35. The lowest BCUT2D eigenvalue weighted by Gasteiger charge is -2.26. The number of amides is 2. The number of alkyl halides is 3. The number of para-hydroxylation sites is 1. The number of rotatable bonds is 3. The van der Waals surface area contributed by atoms with Crippen LogP contribution in [0, 0.1) is 5.82 Å². The monoisotopic (exact) mass is 398 g/mol. The zero-order valence-electron chi connectivity index (χ0n) is 13.8. The Bertz CT molecular complexity index is 886. The van der Waals surface area contributed by atoms with Gasteiger partial charge in [0.05, 0.1) is 17.3 Å². The van der Waals surface area contributed by atoms with E-state index in [1.807, 2.05) is 0 Å². The first-order valence-corrected chi connectivity index (χ1v) is 8.95. The molecule has 2 aromatic rings. The highest BCUT2D eigenvalue weighted by Crippen LogP contribution is 2.38. The number of anilines is 1. The average Bonchev–Trinajstić information content (AvgIpc) is 2.62. The van der Waals surface area contributed by atoms with Crippen molar-refractivity contribution in [2.75, 3.05) is 11.1 Å². The molecular formula is C18H14F4N2O2S. The summed E-state index contributed by atoms with van der Waals surface area (Å²) in [7, 11) is 0. The molecule has 0 radical (unpaired) electrons. The number of hydrogen-bond acceptors (Lipinski definition) is 3. The Balaban J connectivity index is 1.83. The van der Waals surface area contributed by atoms with Crippen LogP contribution in [0.2, 0.25) is 0 Å². The number of thioether (sulfide) groups is 1. The molecule has 1 aliphatic rings. The molecule has 0 saturated heterocycles. The smallest absolute Gasteiger partial charge is 0.345 e. The van der Waals surface area contributed by atoms with Crippen molar-refractivity contribution in [2.24, 2.45) is 0 Å². The summed E-state index contributed by atoms with van der Waals surface area (Å²) < 4.78 is 51.4. The van der Waals surface area contributed by atoms with Gasteiger partial charge in [0.1, 0.15) is 5.82 Å². The van der Waals surface area contributed by atoms with E-state index in [1.165, 1.54) is 48.2 Å². The van der Waals surface area contributed by atoms with E-state index in [0.717, 1.165) is 0 Å². The molecule has 0 unspecified atom stereocenters. The molecule has 1 heterocycles. The molecule has 4 nitrogen and oxygen atoms in total. The van der Waals surface area contributed by atoms with Gasteiger partial charge in [-0.05, 0) is 30.2 Å². The van der Waals surface area contributed by atoms with Crippen molar-refractivity contribution in [3.63, 3.8) is 0 Å². The molecule has 2 N–H and O–H groups in total. The van der Waals surface area contributed by atoms with Gasteiger partial charge < -0.3 is 10.6 Å². The fourth-order valence-corrected chi connectivity index (χ4v) is 3.90. The standard InChI is InChI=1S/C18H14F4N2O2S/c19-12-6-3-5-10-14(8-9-27-15(10)12)23-16(25)11-4-1-2-7-13(11)24-17(26)18(20,21)22/h1-7,14H,8-9H2,(H,23,25)(H,24,26)/t14-/m1/s1. The highest BCUT2D eigenvalue weighted by molar-refractivity contribution is 7.99. The molecule has 27 heavy (non-hydrogen) atoms. The van der Waals surface area contributed by atoms with E-state index >= 15 is 0 Å². The van der Waals surface area contributed by atoms with E-state index in [2.05, 4.69) is 5.32 Å². The van der Waals surface area contributed by atoms with E-state index in [-0.39, 0.29) is 17.1 Å². The highest BCUT2D eigenvalue weighted by atomic mass is 32.2. The van der Waals surface area contributed by atoms with E-state index in [0.29, 0.717) is 22.6 Å². The molecule has 2 aromatic carbocycles. The molecule has 0 saturated carbocycles. The third-order valence-electron chi connectivity index (χ3n) is 4.01. The number of carbonyl (C=O) groups is 2. The molecule has 1 aliphatic heterocycles. The largest absolute Gasteiger partial charge is 0.471 e. The van der Waals surface area contributed by atoms with Gasteiger partial charge in [0.2, 0.25) is 0 Å². The number of halogens is 4. The summed E-state index contributed by atoms with van der Waals surface area (Å²) in [6.45, 7) is 0. The molecule has 9 heteroatoms. The Hall–Kier alpha value is -2.55. The minimum absolute atomic E-state index is 0.105. The molecule has 0 spiro atoms. The Morgan fingerprint density at radius 2 is 1.81 bits per heavy atom. The van der Waals surface area contributed by atoms with Crippen molar-refractivity contribution in [2.45, 2.75) is 23.5 Å². The number of carbonyl (C=O) groups excluding carboxylic acids is 2. The maximum atomic E-state index is 13.9. The third-order valence-corrected chi connectivity index (χ3v) is 5.17. The van der Waals surface area contributed by atoms with Gasteiger partial charge >= 0.3 is 12.1 Å². The fourth-order valence-electron chi connectivity index (χ4n) is 2.76. The van der Waals surface area contributed by atoms with Gasteiger partial charge in [-0.15, -0.1) is 11.8 Å². The van der Waals surface area contributed by atoms with Crippen LogP contribution >= 0.6 is 11.8 Å². The number of benzene rings is 2. The topological polar surface area (TPSA) is 58.2 Å². The number of fused-ring (bicyclic) bond motifs is 1. The Morgan fingerprint density at radius 1 is 1.07 bits per heavy atom. The summed E-state index contributed by atoms with van der Waals surface area (Å²) in [5, 5.41) is 4.43. The molecule has 0 aliphatic carbocycles. The third kappa shape index (κ3) is 4.24. The van der Waals surface area contributed by atoms with Crippen LogP contribution in [-0.4, -0.2) is 23.7 Å². The van der Waals surface area contributed by atoms with Gasteiger partial charge in [0.15, 0.2) is 0 Å². The van der Waals surface area contributed by atoms with Gasteiger partial charge in [-0.25, -0.2) is 4.39 Å². The summed E-state index contributed by atoms with van der Waals surface area (Å²) in [6.07, 6.45) is -4.52. The summed E-state index contributed by atoms with van der Waals surface area (Å²) in [6, 6.07) is 9.50. The van der Waals surface area contributed by atoms with Crippen LogP contribution in [0.15, 0.2) is 47.4 Å². The van der Waals surface area contributed by atoms with Gasteiger partial charge in [0.25, 0.3) is 5.91 Å². The molecule has 142 valence electrons. The van der Waals surface area contributed by atoms with Crippen molar-refractivity contribution in [1.82, 2.24) is 5.32 Å². The lowest BCUT2D eigenvalue weighted by molar-refractivity contribution is -0.167. The van der Waals surface area contributed by atoms with E-state index in [1.54, 1.807) is 11.4 Å². The average molecular weight is 398 g/mol. The quantitative estimate of drug-likeness (QED) is 0.759. The fraction of sp³-hybridized carbons (Fsp3) is 0.222. The molecule has 1 atom stereocenters. The van der Waals surface area contributed by atoms with Crippen LogP contribution in [0.25, 0.3) is 0 Å². The van der Waals surface area contributed by atoms with Crippen molar-refractivity contribution in [3.8, 4) is 0 Å². The van der Waals surface area contributed by atoms with Crippen LogP contribution in [0.3, 0.4) is 0 Å². The first-order valence-electron chi connectivity index (χ1n) is 7.96. The predicted molar refractivity (Wildman–Crippen MR) is 93.1 cm³/mol. The first-order chi connectivity index (χ1) is 12.8. The Labute approximate surface area is 156 Å². The van der Waals surface area contributed by atoms with Gasteiger partial charge in [-0.1, -0.05) is 24.3 Å². The van der Waals surface area contributed by atoms with Crippen LogP contribution in [0.1, 0.15) is 28.4 Å². The van der Waals surface area contributed by atoms with Crippen LogP contribution in [-0.2, 0) is 4.79 Å². The minimum Gasteiger partial charge on any atom is -0.345 e. The first kappa shape index (κ1) is 19.2. The second-order valence-electron chi connectivity index (χ2n) is 5.82. The number of hydrogen-bond donors (Lipinski definition) is 2. The van der Waals surface area contributed by atoms with E-state index in [4.69, 9.17) is 0 Å². The zero-order valence-corrected chi connectivity index (χ0v) is 14.6. The zero-order chi connectivity index (χ0) is 19.6. The predicted octanol–water partition coefficient (Wildman–Crippen LogP) is 4.29. The molecule has 0 fully saturated rings. The summed E-state index contributed by atoms with van der Waals surface area (Å²) in [4.78, 5) is 24.3. The normalized spacial score (nSPS) is 16.4. The van der Waals surface area contributed by atoms with E-state index < -0.39 is 24.0 Å². The molecule has 0 bridgehead atoms. The van der Waals surface area contributed by atoms with Crippen molar-refractivity contribution < 1.29 is 27.2 Å². The van der Waals surface area contributed by atoms with Gasteiger partial charge in [-0.2, -0.15) is 13.2 Å². The SMILES string of the molecule is O=C(N[C@@H]1CCSc2c(F)cccc21)c1ccccc1NC(=O)C(F)(F)F. The second kappa shape index (κ2) is 7.59. The molecule has 0 aromatic heterocycles. The Kier molecular flexibility index (Phi) is 5.41. The number of nitrogens with one attached hydrogen (secondary N) is 2. The molecular weight excluding hydrogens is 384 g/mol. The summed E-state index contributed by atoms with van der Waals surface area (Å²) in [5.74, 6) is -2.61. The summed E-state index contributed by atoms with van der Waals surface area (Å²) in [5.41, 5.74) is 0.268. The van der Waals surface area contributed by atoms with Crippen LogP contribution in [0.5, 0.6) is 0 Å². The van der Waals surface area contributed by atoms with Crippen LogP contribution in [0.4, 0.5) is 23.2 Å². The van der Waals surface area contributed by atoms with Crippen LogP contribution < -0.4 is 10.6 Å². The minimum atomic E-state index is -5.07. The Morgan fingerprint density at radius 3 is 2.56 bits per heavy atom. The van der Waals surface area contributed by atoms with Crippen molar-refractivity contribution in [3.05, 3.63) is 59.4 Å². The highest BCUT2D eigenvalue weighted by Gasteiger charge is 2.39. The van der Waals surface area contributed by atoms with Crippen molar-refractivity contribution >= 4 is 29.3 Å². The van der Waals surface area contributed by atoms with Crippen molar-refractivity contribution in [1.29, 1.82) is 0 Å². The lowest BCUT2D eigenvalue weighted by atomic mass is 10.0. The molecule has 2 amide bonds. The van der Waals surface area contributed by atoms with E-state index in [9.17, 15) is 27.2 Å². The second-order valence-corrected chi connectivity index (χ2v) is 6.92. The maximum absolute atomic E-state index is 13.9.